The second kappa shape index (κ2) is 8.70. The van der Waals surface area contributed by atoms with Gasteiger partial charge in [0.05, 0.1) is 7.11 Å². The number of hydrogen-bond acceptors (Lipinski definition) is 6. The highest BCUT2D eigenvalue weighted by Crippen LogP contribution is 2.27. The van der Waals surface area contributed by atoms with E-state index in [0.717, 1.165) is 37.3 Å². The molecular weight excluding hydrogens is 382 g/mol. The molecular formula is C19H27N3O3S2. The van der Waals surface area contributed by atoms with Gasteiger partial charge in [0.1, 0.15) is 10.6 Å². The molecule has 2 aromatic rings. The highest BCUT2D eigenvalue weighted by molar-refractivity contribution is 7.89. The number of likely N-dealkylation sites (N-methyl/N-ethyl adjacent to an activating group) is 1. The van der Waals surface area contributed by atoms with Gasteiger partial charge in [-0.25, -0.2) is 13.1 Å². The van der Waals surface area contributed by atoms with E-state index in [2.05, 4.69) is 33.0 Å². The molecule has 1 aromatic carbocycles. The quantitative estimate of drug-likeness (QED) is 0.761. The monoisotopic (exact) mass is 409 g/mol. The summed E-state index contributed by atoms with van der Waals surface area (Å²) in [6.45, 7) is 6.02. The number of nitrogens with zero attached hydrogens (tertiary/aromatic N) is 2. The number of aryl methyl sites for hydroxylation is 1. The van der Waals surface area contributed by atoms with Crippen LogP contribution in [0.25, 0.3) is 0 Å². The van der Waals surface area contributed by atoms with Crippen LogP contribution in [0.15, 0.2) is 39.9 Å². The van der Waals surface area contributed by atoms with Gasteiger partial charge in [0, 0.05) is 38.8 Å². The highest BCUT2D eigenvalue weighted by atomic mass is 32.2. The van der Waals surface area contributed by atoms with Crippen LogP contribution in [0.2, 0.25) is 0 Å². The van der Waals surface area contributed by atoms with E-state index in [1.807, 2.05) is 18.4 Å². The lowest BCUT2D eigenvalue weighted by Crippen LogP contribution is -2.48. The van der Waals surface area contributed by atoms with Crippen LogP contribution >= 0.6 is 11.3 Å². The summed E-state index contributed by atoms with van der Waals surface area (Å²) in [6.07, 6.45) is 0. The number of rotatable bonds is 7. The molecule has 6 nitrogen and oxygen atoms in total. The van der Waals surface area contributed by atoms with Crippen molar-refractivity contribution in [3.63, 3.8) is 0 Å². The minimum atomic E-state index is -3.67. The zero-order valence-corrected chi connectivity index (χ0v) is 17.6. The highest BCUT2D eigenvalue weighted by Gasteiger charge is 2.27. The molecule has 1 aliphatic rings. The number of methoxy groups -OCH3 is 1. The first-order chi connectivity index (χ1) is 12.9. The minimum absolute atomic E-state index is 0.0236. The van der Waals surface area contributed by atoms with Crippen molar-refractivity contribution in [1.29, 1.82) is 0 Å². The first-order valence-electron chi connectivity index (χ1n) is 8.99. The zero-order valence-electron chi connectivity index (χ0n) is 16.0. The fourth-order valence-electron chi connectivity index (χ4n) is 3.32. The molecule has 148 valence electrons. The molecule has 0 bridgehead atoms. The molecule has 0 amide bonds. The fourth-order valence-corrected chi connectivity index (χ4v) is 5.31. The lowest BCUT2D eigenvalue weighted by molar-refractivity contribution is 0.113. The number of sulfonamides is 1. The molecule has 0 saturated carbocycles. The van der Waals surface area contributed by atoms with Crippen molar-refractivity contribution in [1.82, 2.24) is 14.5 Å². The standard InChI is InChI=1S/C19H27N3O3S2/c1-15-4-5-18(25-3)19(12-15)27(23,24)20-13-17(16-6-11-26-14-16)22-9-7-21(2)8-10-22/h4-6,11-12,14,17,20H,7-10,13H2,1-3H3/t17-/m1/s1. The number of nitrogens with one attached hydrogen (secondary N) is 1. The molecule has 1 aliphatic heterocycles. The summed E-state index contributed by atoms with van der Waals surface area (Å²) in [7, 11) is -0.0669. The Hall–Kier alpha value is -1.45. The largest absolute Gasteiger partial charge is 0.495 e. The third kappa shape index (κ3) is 4.89. The molecule has 1 aromatic heterocycles. The maximum atomic E-state index is 13.0. The average Bonchev–Trinajstić information content (AvgIpc) is 3.17. The van der Waals surface area contributed by atoms with E-state index in [-0.39, 0.29) is 10.9 Å². The lowest BCUT2D eigenvalue weighted by Gasteiger charge is -2.38. The van der Waals surface area contributed by atoms with Crippen LogP contribution in [-0.4, -0.2) is 65.1 Å². The maximum absolute atomic E-state index is 13.0. The molecule has 0 unspecified atom stereocenters. The van der Waals surface area contributed by atoms with Crippen LogP contribution in [0.3, 0.4) is 0 Å². The van der Waals surface area contributed by atoms with Crippen LogP contribution in [-0.2, 0) is 10.0 Å². The van der Waals surface area contributed by atoms with Crippen molar-refractivity contribution in [2.24, 2.45) is 0 Å². The number of thiophene rings is 1. The van der Waals surface area contributed by atoms with Crippen LogP contribution in [0.1, 0.15) is 17.2 Å². The molecule has 1 N–H and O–H groups in total. The molecule has 1 saturated heterocycles. The Balaban J connectivity index is 1.80. The van der Waals surface area contributed by atoms with Crippen molar-refractivity contribution in [2.75, 3.05) is 46.9 Å². The van der Waals surface area contributed by atoms with Gasteiger partial charge < -0.3 is 9.64 Å². The summed E-state index contributed by atoms with van der Waals surface area (Å²) in [5.41, 5.74) is 2.04. The Morgan fingerprint density at radius 1 is 1.22 bits per heavy atom. The van der Waals surface area contributed by atoms with Crippen molar-refractivity contribution in [2.45, 2.75) is 17.9 Å². The van der Waals surface area contributed by atoms with Gasteiger partial charge in [-0.2, -0.15) is 11.3 Å². The van der Waals surface area contributed by atoms with Gasteiger partial charge in [-0.15, -0.1) is 0 Å². The first-order valence-corrected chi connectivity index (χ1v) is 11.4. The van der Waals surface area contributed by atoms with Gasteiger partial charge in [0.25, 0.3) is 0 Å². The van der Waals surface area contributed by atoms with E-state index in [9.17, 15) is 8.42 Å². The van der Waals surface area contributed by atoms with Gasteiger partial charge in [0.15, 0.2) is 0 Å². The van der Waals surface area contributed by atoms with E-state index in [0.29, 0.717) is 12.3 Å². The predicted octanol–water partition coefficient (Wildman–Crippen LogP) is 2.33. The lowest BCUT2D eigenvalue weighted by atomic mass is 10.1. The van der Waals surface area contributed by atoms with Crippen LogP contribution in [0, 0.1) is 6.92 Å². The number of ether oxygens (including phenoxy) is 1. The predicted molar refractivity (Wildman–Crippen MR) is 109 cm³/mol. The Morgan fingerprint density at radius 2 is 1.96 bits per heavy atom. The van der Waals surface area contributed by atoms with Gasteiger partial charge >= 0.3 is 0 Å². The second-order valence-corrected chi connectivity index (χ2v) is 9.43. The smallest absolute Gasteiger partial charge is 0.244 e. The number of piperazine rings is 1. The van der Waals surface area contributed by atoms with Crippen molar-refractivity contribution < 1.29 is 13.2 Å². The molecule has 1 fully saturated rings. The van der Waals surface area contributed by atoms with Gasteiger partial charge in [-0.3, -0.25) is 4.90 Å². The summed E-state index contributed by atoms with van der Waals surface area (Å²) in [5.74, 6) is 0.361. The Bertz CT molecular complexity index is 845. The van der Waals surface area contributed by atoms with Gasteiger partial charge in [-0.1, -0.05) is 6.07 Å². The Labute approximate surface area is 165 Å². The van der Waals surface area contributed by atoms with E-state index >= 15 is 0 Å². The third-order valence-corrected chi connectivity index (χ3v) is 7.13. The molecule has 3 rings (SSSR count). The van der Waals surface area contributed by atoms with Crippen molar-refractivity contribution in [3.05, 3.63) is 46.2 Å². The van der Waals surface area contributed by atoms with Crippen molar-refractivity contribution >= 4 is 21.4 Å². The summed E-state index contributed by atoms with van der Waals surface area (Å²) in [6, 6.07) is 7.29. The Kier molecular flexibility index (Phi) is 6.54. The third-order valence-electron chi connectivity index (χ3n) is 4.98. The van der Waals surface area contributed by atoms with E-state index < -0.39 is 10.0 Å². The first kappa shape index (κ1) is 20.3. The van der Waals surface area contributed by atoms with Crippen LogP contribution in [0.4, 0.5) is 0 Å². The van der Waals surface area contributed by atoms with Crippen molar-refractivity contribution in [3.8, 4) is 5.75 Å². The maximum Gasteiger partial charge on any atom is 0.244 e. The molecule has 8 heteroatoms. The van der Waals surface area contributed by atoms with Gasteiger partial charge in [0.2, 0.25) is 10.0 Å². The normalized spacial score (nSPS) is 17.7. The molecule has 1 atom stereocenters. The molecule has 0 spiro atoms. The van der Waals surface area contributed by atoms with Crippen LogP contribution < -0.4 is 9.46 Å². The minimum Gasteiger partial charge on any atom is -0.495 e. The average molecular weight is 410 g/mol. The summed E-state index contributed by atoms with van der Waals surface area (Å²) < 4.78 is 34.0. The molecule has 0 radical (unpaired) electrons. The van der Waals surface area contributed by atoms with E-state index in [1.54, 1.807) is 23.5 Å². The second-order valence-electron chi connectivity index (χ2n) is 6.92. The van der Waals surface area contributed by atoms with Gasteiger partial charge in [-0.05, 0) is 54.1 Å². The van der Waals surface area contributed by atoms with E-state index in [1.165, 1.54) is 7.11 Å². The van der Waals surface area contributed by atoms with E-state index in [4.69, 9.17) is 4.74 Å². The SMILES string of the molecule is COc1ccc(C)cc1S(=O)(=O)NC[C@H](c1ccsc1)N1CCN(C)CC1. The summed E-state index contributed by atoms with van der Waals surface area (Å²) >= 11 is 1.64. The molecule has 27 heavy (non-hydrogen) atoms. The summed E-state index contributed by atoms with van der Waals surface area (Å²) in [4.78, 5) is 4.84. The Morgan fingerprint density at radius 3 is 2.59 bits per heavy atom. The molecule has 0 aliphatic carbocycles. The topological polar surface area (TPSA) is 61.9 Å². The van der Waals surface area contributed by atoms with Crippen LogP contribution in [0.5, 0.6) is 5.75 Å². The number of hydrogen-bond donors (Lipinski definition) is 1. The summed E-state index contributed by atoms with van der Waals surface area (Å²) in [5, 5.41) is 4.14. The zero-order chi connectivity index (χ0) is 19.4. The fraction of sp³-hybridized carbons (Fsp3) is 0.474. The number of benzene rings is 1. The molecule has 2 heterocycles.